The van der Waals surface area contributed by atoms with Gasteiger partial charge in [0.05, 0.1) is 22.0 Å². The molecular formula is C25H23ClF5N3O2S. The Hall–Kier alpha value is -2.50. The lowest BCUT2D eigenvalue weighted by atomic mass is 9.94. The van der Waals surface area contributed by atoms with Crippen molar-refractivity contribution in [3.8, 4) is 0 Å². The van der Waals surface area contributed by atoms with Crippen molar-refractivity contribution in [1.82, 2.24) is 4.31 Å². The van der Waals surface area contributed by atoms with Crippen LogP contribution < -0.4 is 5.01 Å². The lowest BCUT2D eigenvalue weighted by molar-refractivity contribution is -0.249. The van der Waals surface area contributed by atoms with Crippen molar-refractivity contribution in [3.63, 3.8) is 0 Å². The van der Waals surface area contributed by atoms with E-state index in [-0.39, 0.29) is 22.5 Å². The molecular weight excluding hydrogens is 537 g/mol. The average molecular weight is 560 g/mol. The normalized spacial score (nSPS) is 21.7. The van der Waals surface area contributed by atoms with Gasteiger partial charge < -0.3 is 0 Å². The van der Waals surface area contributed by atoms with Crippen molar-refractivity contribution in [2.75, 3.05) is 18.1 Å². The summed E-state index contributed by atoms with van der Waals surface area (Å²) < 4.78 is 94.2. The van der Waals surface area contributed by atoms with Crippen LogP contribution in [0, 0.1) is 0 Å². The van der Waals surface area contributed by atoms with Crippen molar-refractivity contribution < 1.29 is 30.4 Å². The molecule has 12 heteroatoms. The van der Waals surface area contributed by atoms with E-state index in [1.54, 1.807) is 36.4 Å². The maximum absolute atomic E-state index is 14.2. The number of hydrazone groups is 1. The number of para-hydroxylation sites is 1. The molecule has 2 aliphatic heterocycles. The minimum Gasteiger partial charge on any atom is -0.256 e. The highest BCUT2D eigenvalue weighted by atomic mass is 35.5. The van der Waals surface area contributed by atoms with Crippen LogP contribution in [0.1, 0.15) is 42.9 Å². The minimum absolute atomic E-state index is 0.169. The third kappa shape index (κ3) is 4.88. The van der Waals surface area contributed by atoms with Gasteiger partial charge in [-0.05, 0) is 48.1 Å². The van der Waals surface area contributed by atoms with Gasteiger partial charge in [-0.1, -0.05) is 54.1 Å². The molecule has 2 aromatic carbocycles. The fourth-order valence-corrected chi connectivity index (χ4v) is 6.63. The number of nitrogens with zero attached hydrogens (tertiary/aromatic N) is 3. The molecule has 0 radical (unpaired) electrons. The van der Waals surface area contributed by atoms with E-state index in [9.17, 15) is 30.4 Å². The number of anilines is 1. The summed E-state index contributed by atoms with van der Waals surface area (Å²) in [4.78, 5) is 0. The maximum Gasteiger partial charge on any atom is 0.459 e. The van der Waals surface area contributed by atoms with Crippen molar-refractivity contribution in [1.29, 1.82) is 0 Å². The van der Waals surface area contributed by atoms with Gasteiger partial charge in [0.15, 0.2) is 0 Å². The molecule has 1 aliphatic carbocycles. The fourth-order valence-electron chi connectivity index (χ4n) is 4.62. The van der Waals surface area contributed by atoms with Crippen LogP contribution in [0.3, 0.4) is 0 Å². The molecule has 0 saturated heterocycles. The monoisotopic (exact) mass is 559 g/mol. The lowest BCUT2D eigenvalue weighted by Crippen LogP contribution is -2.43. The molecule has 0 N–H and O–H groups in total. The average Bonchev–Trinajstić information content (AvgIpc) is 3.63. The van der Waals surface area contributed by atoms with Gasteiger partial charge in [0, 0.05) is 19.5 Å². The topological polar surface area (TPSA) is 53.0 Å². The van der Waals surface area contributed by atoms with Crippen LogP contribution in [0.5, 0.6) is 0 Å². The SMILES string of the molecule is O=S(=O)(C1CC1)N1CC=C(c2ccc(C3CC(C(F)(F)C(F)(F)F)=NN3c3ccccc3Cl)cc2)CC1. The molecule has 2 aromatic rings. The van der Waals surface area contributed by atoms with E-state index in [4.69, 9.17) is 11.6 Å². The first-order chi connectivity index (χ1) is 17.4. The largest absolute Gasteiger partial charge is 0.459 e. The van der Waals surface area contributed by atoms with Gasteiger partial charge in [0.25, 0.3) is 0 Å². The highest BCUT2D eigenvalue weighted by Crippen LogP contribution is 2.46. The van der Waals surface area contributed by atoms with E-state index in [1.165, 1.54) is 16.4 Å². The number of rotatable bonds is 6. The first kappa shape index (κ1) is 26.1. The van der Waals surface area contributed by atoms with E-state index in [2.05, 4.69) is 5.10 Å². The number of hydrogen-bond donors (Lipinski definition) is 0. The van der Waals surface area contributed by atoms with Crippen LogP contribution >= 0.6 is 11.6 Å². The Morgan fingerprint density at radius 1 is 0.973 bits per heavy atom. The summed E-state index contributed by atoms with van der Waals surface area (Å²) in [5.41, 5.74) is 1.22. The van der Waals surface area contributed by atoms with E-state index in [0.29, 0.717) is 31.4 Å². The Labute approximate surface area is 216 Å². The molecule has 0 amide bonds. The zero-order chi connectivity index (χ0) is 26.6. The molecule has 198 valence electrons. The van der Waals surface area contributed by atoms with E-state index < -0.39 is 40.3 Å². The quantitative estimate of drug-likeness (QED) is 0.384. The van der Waals surface area contributed by atoms with Gasteiger partial charge in [0.2, 0.25) is 10.0 Å². The van der Waals surface area contributed by atoms with E-state index in [1.807, 2.05) is 6.08 Å². The van der Waals surface area contributed by atoms with Gasteiger partial charge in [-0.3, -0.25) is 5.01 Å². The molecule has 2 heterocycles. The summed E-state index contributed by atoms with van der Waals surface area (Å²) in [5, 5.41) is 4.71. The molecule has 0 aromatic heterocycles. The predicted octanol–water partition coefficient (Wildman–Crippen LogP) is 6.43. The van der Waals surface area contributed by atoms with Gasteiger partial charge in [-0.25, -0.2) is 8.42 Å². The smallest absolute Gasteiger partial charge is 0.256 e. The van der Waals surface area contributed by atoms with E-state index >= 15 is 0 Å². The van der Waals surface area contributed by atoms with Crippen molar-refractivity contribution >= 4 is 38.6 Å². The maximum atomic E-state index is 14.2. The van der Waals surface area contributed by atoms with Gasteiger partial charge in [-0.15, -0.1) is 0 Å². The summed E-state index contributed by atoms with van der Waals surface area (Å²) in [6.07, 6.45) is -2.63. The van der Waals surface area contributed by atoms with Crippen LogP contribution in [-0.2, 0) is 10.0 Å². The highest BCUT2D eigenvalue weighted by molar-refractivity contribution is 7.90. The summed E-state index contributed by atoms with van der Waals surface area (Å²) in [7, 11) is -3.26. The number of halogens is 6. The third-order valence-corrected chi connectivity index (χ3v) is 9.56. The zero-order valence-electron chi connectivity index (χ0n) is 19.4. The van der Waals surface area contributed by atoms with Crippen LogP contribution in [0.2, 0.25) is 5.02 Å². The standard InChI is InChI=1S/C25H23ClF5N3O2S/c26-20-3-1-2-4-21(20)34-22(15-23(32-34)24(27,28)25(29,30)31)18-7-5-16(6-8-18)17-11-13-33(14-12-17)37(35,36)19-9-10-19/h1-8,11,19,22H,9-10,12-15H2. The molecule has 1 unspecified atom stereocenters. The first-order valence-corrected chi connectivity index (χ1v) is 13.6. The van der Waals surface area contributed by atoms with Crippen molar-refractivity contribution in [2.45, 2.75) is 49.1 Å². The first-order valence-electron chi connectivity index (χ1n) is 11.7. The third-order valence-electron chi connectivity index (χ3n) is 6.87. The summed E-state index contributed by atoms with van der Waals surface area (Å²) >= 11 is 6.23. The van der Waals surface area contributed by atoms with Crippen LogP contribution in [-0.4, -0.2) is 48.9 Å². The van der Waals surface area contributed by atoms with Crippen molar-refractivity contribution in [2.24, 2.45) is 5.10 Å². The Bertz CT molecular complexity index is 1360. The Morgan fingerprint density at radius 2 is 1.65 bits per heavy atom. The summed E-state index contributed by atoms with van der Waals surface area (Å²) in [5.74, 6) is -5.08. The Balaban J connectivity index is 1.40. The molecule has 0 bridgehead atoms. The summed E-state index contributed by atoms with van der Waals surface area (Å²) in [6.45, 7) is 0.654. The van der Waals surface area contributed by atoms with Gasteiger partial charge in [-0.2, -0.15) is 31.4 Å². The molecule has 5 rings (SSSR count). The van der Waals surface area contributed by atoms with E-state index in [0.717, 1.165) is 16.1 Å². The van der Waals surface area contributed by atoms with Crippen molar-refractivity contribution in [3.05, 3.63) is 70.8 Å². The lowest BCUT2D eigenvalue weighted by Gasteiger charge is -2.27. The second-order valence-corrected chi connectivity index (χ2v) is 12.0. The molecule has 1 atom stereocenters. The fraction of sp³-hybridized carbons (Fsp3) is 0.400. The highest BCUT2D eigenvalue weighted by Gasteiger charge is 2.63. The van der Waals surface area contributed by atoms with Crippen LogP contribution in [0.4, 0.5) is 27.6 Å². The number of hydrogen-bond acceptors (Lipinski definition) is 4. The molecule has 37 heavy (non-hydrogen) atoms. The molecule has 3 aliphatic rings. The van der Waals surface area contributed by atoms with Crippen LogP contribution in [0.15, 0.2) is 59.7 Å². The second-order valence-electron chi connectivity index (χ2n) is 9.34. The summed E-state index contributed by atoms with van der Waals surface area (Å²) in [6, 6.07) is 12.2. The Morgan fingerprint density at radius 3 is 2.22 bits per heavy atom. The minimum atomic E-state index is -5.77. The molecule has 5 nitrogen and oxygen atoms in total. The number of alkyl halides is 5. The van der Waals surface area contributed by atoms with Gasteiger partial charge >= 0.3 is 12.1 Å². The van der Waals surface area contributed by atoms with Crippen LogP contribution in [0.25, 0.3) is 5.57 Å². The number of benzene rings is 2. The van der Waals surface area contributed by atoms with Gasteiger partial charge in [0.1, 0.15) is 5.71 Å². The molecule has 1 fully saturated rings. The zero-order valence-corrected chi connectivity index (χ0v) is 21.0. The number of sulfonamides is 1. The predicted molar refractivity (Wildman–Crippen MR) is 132 cm³/mol. The molecule has 0 spiro atoms. The second kappa shape index (κ2) is 9.36. The molecule has 1 saturated carbocycles. The Kier molecular flexibility index (Phi) is 6.60.